The van der Waals surface area contributed by atoms with Crippen LogP contribution in [-0.4, -0.2) is 109 Å². The molecule has 0 fully saturated rings. The highest BCUT2D eigenvalue weighted by atomic mass is 31.2. The first-order valence-corrected chi connectivity index (χ1v) is 17.2. The predicted molar refractivity (Wildman–Crippen MR) is 177 cm³/mol. The molecule has 0 saturated heterocycles. The number of nitrogens with one attached hydrogen (secondary N) is 5. The van der Waals surface area contributed by atoms with Gasteiger partial charge in [-0.1, -0.05) is 26.0 Å². The van der Waals surface area contributed by atoms with Gasteiger partial charge >= 0.3 is 13.8 Å². The lowest BCUT2D eigenvalue weighted by molar-refractivity contribution is -0.139. The molecule has 0 aliphatic heterocycles. The number of primary amides is 1. The number of amides is 6. The molecule has 0 aromatic heterocycles. The molecule has 7 atom stereocenters. The van der Waals surface area contributed by atoms with Gasteiger partial charge in [0.05, 0.1) is 12.2 Å². The highest BCUT2D eigenvalue weighted by Gasteiger charge is 2.35. The molecule has 0 bridgehead atoms. The third-order valence-corrected chi connectivity index (χ3v) is 7.50. The number of phosphoric ester groups is 1. The summed E-state index contributed by atoms with van der Waals surface area (Å²) in [6.07, 6.45) is -4.38. The Labute approximate surface area is 293 Å². The van der Waals surface area contributed by atoms with E-state index in [0.717, 1.165) is 26.0 Å². The van der Waals surface area contributed by atoms with Gasteiger partial charge in [-0.2, -0.15) is 0 Å². The van der Waals surface area contributed by atoms with Crippen molar-refractivity contribution in [2.24, 2.45) is 11.7 Å². The number of carboxylic acid groups (broad SMARTS) is 1. The van der Waals surface area contributed by atoms with Crippen LogP contribution in [0, 0.1) is 5.92 Å². The molecule has 0 heterocycles. The van der Waals surface area contributed by atoms with Gasteiger partial charge in [-0.25, -0.2) is 4.57 Å². The topological polar surface area (TPSA) is 333 Å². The number of aliphatic hydroxyl groups is 2. The standard InChI is InChI=1S/C30H47N6O14P/c1-14(2)12-21(26(31)42)34-30(46)25(16(4)38)36-27(43)20(10-11-23(40)41)33-28(44)22(35-29(45)24(15(3)37)32-17(5)39)13-18-6-8-19(9-7-18)50-51(47,48)49/h6-9,14-16,20-22,24-25,37-38H,10-13H2,1-5H3,(H2,31,42)(H,32,39)(H,33,44)(H,34,46)(H,35,45)(H,36,43)(H,40,41)(H2,47,48,49)/t15-,16-,20+,21+,22+,24+,25+/m1/s1. The first-order chi connectivity index (χ1) is 23.5. The maximum atomic E-state index is 13.7. The van der Waals surface area contributed by atoms with E-state index in [2.05, 4.69) is 31.1 Å². The number of carboxylic acids is 1. The van der Waals surface area contributed by atoms with Crippen molar-refractivity contribution in [2.45, 2.75) is 103 Å². The summed E-state index contributed by atoms with van der Waals surface area (Å²) in [5, 5.41) is 41.2. The van der Waals surface area contributed by atoms with Crippen molar-refractivity contribution in [3.8, 4) is 5.75 Å². The van der Waals surface area contributed by atoms with E-state index >= 15 is 0 Å². The lowest BCUT2D eigenvalue weighted by Crippen LogP contribution is -2.61. The highest BCUT2D eigenvalue weighted by molar-refractivity contribution is 7.46. The fraction of sp³-hybridized carbons (Fsp3) is 0.567. The number of carbonyl (C=O) groups excluding carboxylic acids is 6. The molecule has 0 spiro atoms. The number of carbonyl (C=O) groups is 7. The van der Waals surface area contributed by atoms with Gasteiger partial charge < -0.3 is 52.2 Å². The zero-order valence-electron chi connectivity index (χ0n) is 28.7. The van der Waals surface area contributed by atoms with Crippen LogP contribution in [-0.2, 0) is 44.5 Å². The Kier molecular flexibility index (Phi) is 17.7. The van der Waals surface area contributed by atoms with Gasteiger partial charge in [0.1, 0.15) is 36.0 Å². The summed E-state index contributed by atoms with van der Waals surface area (Å²) in [6, 6.07) is -2.70. The lowest BCUT2D eigenvalue weighted by atomic mass is 10.0. The van der Waals surface area contributed by atoms with Gasteiger partial charge in [-0.15, -0.1) is 0 Å². The predicted octanol–water partition coefficient (Wildman–Crippen LogP) is -2.70. The van der Waals surface area contributed by atoms with Gasteiger partial charge in [0.25, 0.3) is 0 Å². The van der Waals surface area contributed by atoms with E-state index in [4.69, 9.17) is 15.5 Å². The number of hydrogen-bond acceptors (Lipinski definition) is 11. The monoisotopic (exact) mass is 746 g/mol. The van der Waals surface area contributed by atoms with Gasteiger partial charge in [-0.3, -0.25) is 43.3 Å². The van der Waals surface area contributed by atoms with Crippen molar-refractivity contribution in [1.82, 2.24) is 26.6 Å². The van der Waals surface area contributed by atoms with E-state index in [1.54, 1.807) is 13.8 Å². The summed E-state index contributed by atoms with van der Waals surface area (Å²) >= 11 is 0. The molecule has 1 rings (SSSR count). The van der Waals surface area contributed by atoms with Crippen LogP contribution in [0.5, 0.6) is 5.75 Å². The second kappa shape index (κ2) is 20.3. The summed E-state index contributed by atoms with van der Waals surface area (Å²) in [6.45, 7) is 6.97. The van der Waals surface area contributed by atoms with Gasteiger partial charge in [-0.05, 0) is 50.3 Å². The molecular weight excluding hydrogens is 699 g/mol. The van der Waals surface area contributed by atoms with Gasteiger partial charge in [0, 0.05) is 19.8 Å². The Bertz CT molecular complexity index is 1450. The van der Waals surface area contributed by atoms with Crippen LogP contribution in [0.15, 0.2) is 24.3 Å². The molecule has 0 radical (unpaired) electrons. The summed E-state index contributed by atoms with van der Waals surface area (Å²) in [5.41, 5.74) is 5.66. The van der Waals surface area contributed by atoms with Crippen molar-refractivity contribution in [3.63, 3.8) is 0 Å². The van der Waals surface area contributed by atoms with Crippen LogP contribution in [0.4, 0.5) is 0 Å². The molecule has 12 N–H and O–H groups in total. The van der Waals surface area contributed by atoms with E-state index in [0.29, 0.717) is 0 Å². The van der Waals surface area contributed by atoms with Crippen molar-refractivity contribution in [2.75, 3.05) is 0 Å². The molecule has 286 valence electrons. The Morgan fingerprint density at radius 3 is 1.65 bits per heavy atom. The third kappa shape index (κ3) is 16.8. The summed E-state index contributed by atoms with van der Waals surface area (Å²) in [7, 11) is -4.90. The molecular formula is C30H47N6O14P. The van der Waals surface area contributed by atoms with E-state index in [1.807, 2.05) is 0 Å². The minimum absolute atomic E-state index is 0.0773. The lowest BCUT2D eigenvalue weighted by Gasteiger charge is -2.28. The molecule has 0 aliphatic carbocycles. The molecule has 0 aliphatic rings. The first-order valence-electron chi connectivity index (χ1n) is 15.7. The second-order valence-corrected chi connectivity index (χ2v) is 13.4. The van der Waals surface area contributed by atoms with E-state index in [1.165, 1.54) is 19.1 Å². The van der Waals surface area contributed by atoms with Crippen molar-refractivity contribution in [1.29, 1.82) is 0 Å². The summed E-state index contributed by atoms with van der Waals surface area (Å²) in [5.74, 6) is -7.43. The number of nitrogens with two attached hydrogens (primary N) is 1. The van der Waals surface area contributed by atoms with Crippen LogP contribution in [0.25, 0.3) is 0 Å². The van der Waals surface area contributed by atoms with Crippen molar-refractivity contribution in [3.05, 3.63) is 29.8 Å². The Morgan fingerprint density at radius 2 is 1.22 bits per heavy atom. The highest BCUT2D eigenvalue weighted by Crippen LogP contribution is 2.37. The molecule has 6 amide bonds. The van der Waals surface area contributed by atoms with Gasteiger partial charge in [0.2, 0.25) is 35.4 Å². The third-order valence-electron chi connectivity index (χ3n) is 7.05. The van der Waals surface area contributed by atoms with Crippen LogP contribution < -0.4 is 36.8 Å². The van der Waals surface area contributed by atoms with E-state index in [9.17, 15) is 53.4 Å². The van der Waals surface area contributed by atoms with Crippen LogP contribution in [0.1, 0.15) is 59.4 Å². The fourth-order valence-electron chi connectivity index (χ4n) is 4.60. The summed E-state index contributed by atoms with van der Waals surface area (Å²) < 4.78 is 15.7. The van der Waals surface area contributed by atoms with E-state index in [-0.39, 0.29) is 30.1 Å². The number of rotatable bonds is 21. The maximum absolute atomic E-state index is 13.7. The van der Waals surface area contributed by atoms with Crippen LogP contribution in [0.2, 0.25) is 0 Å². The molecule has 0 saturated carbocycles. The Morgan fingerprint density at radius 1 is 0.745 bits per heavy atom. The minimum Gasteiger partial charge on any atom is -0.481 e. The quantitative estimate of drug-likeness (QED) is 0.0571. The minimum atomic E-state index is -4.90. The normalized spacial score (nSPS) is 15.5. The zero-order valence-corrected chi connectivity index (χ0v) is 29.6. The average molecular weight is 747 g/mol. The molecule has 0 unspecified atom stereocenters. The SMILES string of the molecule is CC(=O)N[C@H](C(=O)N[C@@H](Cc1ccc(OP(=O)(O)O)cc1)C(=O)N[C@@H](CCC(=O)O)C(=O)N[C@H](C(=O)N[C@@H](CC(C)C)C(N)=O)[C@@H](C)O)[C@@H](C)O. The Balaban J connectivity index is 3.43. The summed E-state index contributed by atoms with van der Waals surface area (Å²) in [4.78, 5) is 106. The van der Waals surface area contributed by atoms with Crippen LogP contribution in [0.3, 0.4) is 0 Å². The van der Waals surface area contributed by atoms with Crippen molar-refractivity contribution >= 4 is 49.2 Å². The number of benzene rings is 1. The first kappa shape index (κ1) is 44.4. The van der Waals surface area contributed by atoms with Crippen molar-refractivity contribution < 1.29 is 67.8 Å². The second-order valence-electron chi connectivity index (χ2n) is 12.2. The number of aliphatic hydroxyl groups excluding tert-OH is 2. The number of hydrogen-bond donors (Lipinski definition) is 11. The van der Waals surface area contributed by atoms with Gasteiger partial charge in [0.15, 0.2) is 0 Å². The average Bonchev–Trinajstić information content (AvgIpc) is 2.98. The maximum Gasteiger partial charge on any atom is 0.524 e. The van der Waals surface area contributed by atoms with E-state index < -0.39 is 104 Å². The largest absolute Gasteiger partial charge is 0.524 e. The molecule has 51 heavy (non-hydrogen) atoms. The molecule has 1 aromatic carbocycles. The number of phosphoric acid groups is 1. The smallest absolute Gasteiger partial charge is 0.481 e. The number of aliphatic carboxylic acids is 1. The molecule has 20 nitrogen and oxygen atoms in total. The fourth-order valence-corrected chi connectivity index (χ4v) is 5.00. The molecule has 21 heteroatoms. The molecule has 1 aromatic rings. The Hall–Kier alpha value is -4.62. The van der Waals surface area contributed by atoms with Crippen LogP contribution >= 0.6 is 7.82 Å². The zero-order chi connectivity index (χ0) is 39.2.